The maximum absolute atomic E-state index is 11.8. The van der Waals surface area contributed by atoms with Crippen LogP contribution in [0.3, 0.4) is 0 Å². The molecule has 0 heterocycles. The Morgan fingerprint density at radius 2 is 2.07 bits per heavy atom. The molecule has 0 bridgehead atoms. The predicted octanol–water partition coefficient (Wildman–Crippen LogP) is 3.09. The predicted molar refractivity (Wildman–Crippen MR) is 48.4 cm³/mol. The third kappa shape index (κ3) is 3.79. The number of carbonyl (C=O) groups is 1. The summed E-state index contributed by atoms with van der Waals surface area (Å²) in [7, 11) is 0. The van der Waals surface area contributed by atoms with E-state index in [0.717, 1.165) is 0 Å². The highest BCUT2D eigenvalue weighted by atomic mass is 35.5. The van der Waals surface area contributed by atoms with E-state index in [0.29, 0.717) is 6.29 Å². The van der Waals surface area contributed by atoms with Crippen molar-refractivity contribution < 1.29 is 22.7 Å². The lowest BCUT2D eigenvalue weighted by atomic mass is 10.2. The van der Waals surface area contributed by atoms with Crippen molar-refractivity contribution in [1.82, 2.24) is 0 Å². The Kier molecular flexibility index (Phi) is 3.57. The lowest BCUT2D eigenvalue weighted by molar-refractivity contribution is -0.153. The monoisotopic (exact) mass is 238 g/mol. The van der Waals surface area contributed by atoms with Gasteiger partial charge in [0.1, 0.15) is 12.0 Å². The third-order valence-electron chi connectivity index (χ3n) is 1.48. The quantitative estimate of drug-likeness (QED) is 0.757. The molecule has 0 amide bonds. The van der Waals surface area contributed by atoms with E-state index < -0.39 is 12.8 Å². The van der Waals surface area contributed by atoms with Crippen LogP contribution in [-0.4, -0.2) is 19.1 Å². The molecule has 2 nitrogen and oxygen atoms in total. The summed E-state index contributed by atoms with van der Waals surface area (Å²) in [4.78, 5) is 10.3. The van der Waals surface area contributed by atoms with Crippen LogP contribution in [0.4, 0.5) is 13.2 Å². The summed E-state index contributed by atoms with van der Waals surface area (Å²) in [6, 6.07) is 3.78. The van der Waals surface area contributed by atoms with Crippen molar-refractivity contribution in [3.05, 3.63) is 28.8 Å². The van der Waals surface area contributed by atoms with Gasteiger partial charge in [-0.15, -0.1) is 0 Å². The average Bonchev–Trinajstić information content (AvgIpc) is 2.14. The molecule has 1 rings (SSSR count). The van der Waals surface area contributed by atoms with E-state index in [1.807, 2.05) is 0 Å². The Labute approximate surface area is 88.6 Å². The molecule has 0 aromatic heterocycles. The van der Waals surface area contributed by atoms with Crippen LogP contribution in [0.15, 0.2) is 18.2 Å². The number of aldehydes is 1. The van der Waals surface area contributed by atoms with Crippen molar-refractivity contribution in [2.75, 3.05) is 6.61 Å². The van der Waals surface area contributed by atoms with Crippen molar-refractivity contribution >= 4 is 17.9 Å². The molecular weight excluding hydrogens is 233 g/mol. The first-order valence-electron chi connectivity index (χ1n) is 3.86. The second-order valence-corrected chi connectivity index (χ2v) is 3.12. The van der Waals surface area contributed by atoms with Gasteiger partial charge in [-0.1, -0.05) is 11.6 Å². The first-order valence-corrected chi connectivity index (χ1v) is 4.24. The van der Waals surface area contributed by atoms with Crippen LogP contribution >= 0.6 is 11.6 Å². The maximum Gasteiger partial charge on any atom is 0.422 e. The van der Waals surface area contributed by atoms with Crippen LogP contribution in [0.1, 0.15) is 10.4 Å². The molecule has 1 aromatic rings. The number of hydrogen-bond acceptors (Lipinski definition) is 2. The average molecular weight is 239 g/mol. The second-order valence-electron chi connectivity index (χ2n) is 2.71. The van der Waals surface area contributed by atoms with Gasteiger partial charge in [0.2, 0.25) is 0 Å². The third-order valence-corrected chi connectivity index (χ3v) is 1.78. The van der Waals surface area contributed by atoms with Gasteiger partial charge in [0.25, 0.3) is 0 Å². The van der Waals surface area contributed by atoms with Gasteiger partial charge in [-0.3, -0.25) is 4.79 Å². The van der Waals surface area contributed by atoms with E-state index in [9.17, 15) is 18.0 Å². The van der Waals surface area contributed by atoms with Crippen LogP contribution in [0.25, 0.3) is 0 Å². The molecule has 0 aliphatic carbocycles. The van der Waals surface area contributed by atoms with Crippen molar-refractivity contribution in [1.29, 1.82) is 0 Å². The fraction of sp³-hybridized carbons (Fsp3) is 0.222. The maximum atomic E-state index is 11.8. The number of hydrogen-bond donors (Lipinski definition) is 0. The van der Waals surface area contributed by atoms with Gasteiger partial charge in [0.05, 0.1) is 5.02 Å². The molecule has 0 saturated carbocycles. The fourth-order valence-corrected chi connectivity index (χ4v) is 1.11. The zero-order valence-corrected chi connectivity index (χ0v) is 8.10. The van der Waals surface area contributed by atoms with Crippen LogP contribution in [0.5, 0.6) is 5.75 Å². The summed E-state index contributed by atoms with van der Waals surface area (Å²) in [5.41, 5.74) is 0.277. The highest BCUT2D eigenvalue weighted by Crippen LogP contribution is 2.26. The molecule has 6 heteroatoms. The second kappa shape index (κ2) is 4.53. The van der Waals surface area contributed by atoms with Crippen LogP contribution in [0, 0.1) is 0 Å². The number of alkyl halides is 3. The number of benzene rings is 1. The summed E-state index contributed by atoms with van der Waals surface area (Å²) >= 11 is 5.59. The zero-order valence-electron chi connectivity index (χ0n) is 7.34. The Hall–Kier alpha value is -1.23. The summed E-state index contributed by atoms with van der Waals surface area (Å²) < 4.78 is 39.8. The molecule has 1 aromatic carbocycles. The van der Waals surface area contributed by atoms with Crippen molar-refractivity contribution in [2.24, 2.45) is 0 Å². The number of ether oxygens (including phenoxy) is 1. The largest absolute Gasteiger partial charge is 0.483 e. The van der Waals surface area contributed by atoms with E-state index in [4.69, 9.17) is 11.6 Å². The van der Waals surface area contributed by atoms with Gasteiger partial charge < -0.3 is 4.74 Å². The van der Waals surface area contributed by atoms with E-state index >= 15 is 0 Å². The zero-order chi connectivity index (χ0) is 11.5. The minimum Gasteiger partial charge on any atom is -0.483 e. The van der Waals surface area contributed by atoms with E-state index in [1.54, 1.807) is 0 Å². The molecule has 0 radical (unpaired) electrons. The van der Waals surface area contributed by atoms with Gasteiger partial charge in [0, 0.05) is 5.56 Å². The molecule has 0 fully saturated rings. The lowest BCUT2D eigenvalue weighted by Crippen LogP contribution is -2.19. The Morgan fingerprint density at radius 3 is 2.53 bits per heavy atom. The molecule has 0 atom stereocenters. The van der Waals surface area contributed by atoms with E-state index in [-0.39, 0.29) is 16.3 Å². The number of halogens is 4. The molecule has 0 spiro atoms. The topological polar surface area (TPSA) is 26.3 Å². The fourth-order valence-electron chi connectivity index (χ4n) is 0.867. The summed E-state index contributed by atoms with van der Waals surface area (Å²) in [5.74, 6) is -0.0976. The summed E-state index contributed by atoms with van der Waals surface area (Å²) in [6.07, 6.45) is -3.87. The van der Waals surface area contributed by atoms with Crippen molar-refractivity contribution in [3.63, 3.8) is 0 Å². The Bertz CT molecular complexity index is 363. The molecule has 15 heavy (non-hydrogen) atoms. The highest BCUT2D eigenvalue weighted by Gasteiger charge is 2.28. The highest BCUT2D eigenvalue weighted by molar-refractivity contribution is 6.32. The Morgan fingerprint density at radius 1 is 1.40 bits per heavy atom. The summed E-state index contributed by atoms with van der Waals surface area (Å²) in [6.45, 7) is -1.41. The van der Waals surface area contributed by atoms with E-state index in [1.165, 1.54) is 18.2 Å². The van der Waals surface area contributed by atoms with Gasteiger partial charge in [-0.25, -0.2) is 0 Å². The molecular formula is C9H6ClF3O2. The van der Waals surface area contributed by atoms with Gasteiger partial charge in [-0.2, -0.15) is 13.2 Å². The van der Waals surface area contributed by atoms with Crippen molar-refractivity contribution in [2.45, 2.75) is 6.18 Å². The minimum atomic E-state index is -4.41. The van der Waals surface area contributed by atoms with Crippen LogP contribution < -0.4 is 4.74 Å². The molecule has 82 valence electrons. The van der Waals surface area contributed by atoms with Gasteiger partial charge >= 0.3 is 6.18 Å². The first-order chi connectivity index (χ1) is 6.92. The number of carbonyl (C=O) groups excluding carboxylic acids is 1. The van der Waals surface area contributed by atoms with Gasteiger partial charge in [0.15, 0.2) is 6.61 Å². The van der Waals surface area contributed by atoms with Crippen LogP contribution in [0.2, 0.25) is 5.02 Å². The Balaban J connectivity index is 2.74. The molecule has 0 aliphatic rings. The standard InChI is InChI=1S/C9H6ClF3O2/c10-7-3-6(4-14)1-2-8(7)15-5-9(11,12)13/h1-4H,5H2. The molecule has 0 unspecified atom stereocenters. The molecule has 0 saturated heterocycles. The normalized spacial score (nSPS) is 11.2. The summed E-state index contributed by atoms with van der Waals surface area (Å²) in [5, 5.41) is -0.0242. The van der Waals surface area contributed by atoms with Gasteiger partial charge in [-0.05, 0) is 18.2 Å². The first kappa shape index (κ1) is 11.8. The smallest absolute Gasteiger partial charge is 0.422 e. The van der Waals surface area contributed by atoms with E-state index in [2.05, 4.69) is 4.74 Å². The molecule has 0 N–H and O–H groups in total. The molecule has 0 aliphatic heterocycles. The lowest BCUT2D eigenvalue weighted by Gasteiger charge is -2.10. The van der Waals surface area contributed by atoms with Crippen molar-refractivity contribution in [3.8, 4) is 5.75 Å². The minimum absolute atomic E-state index is 0.0242. The number of rotatable bonds is 3. The van der Waals surface area contributed by atoms with Crippen LogP contribution in [-0.2, 0) is 0 Å². The SMILES string of the molecule is O=Cc1ccc(OCC(F)(F)F)c(Cl)c1.